The Hall–Kier alpha value is -1.81. The summed E-state index contributed by atoms with van der Waals surface area (Å²) in [4.78, 5) is 23.8. The van der Waals surface area contributed by atoms with E-state index in [0.29, 0.717) is 35.8 Å². The Morgan fingerprint density at radius 1 is 1.29 bits per heavy atom. The summed E-state index contributed by atoms with van der Waals surface area (Å²) < 4.78 is 5.33. The molecule has 1 aliphatic carbocycles. The molecule has 0 spiro atoms. The molecule has 21 heavy (non-hydrogen) atoms. The Bertz CT molecular complexity index is 580. The molecule has 0 aromatic heterocycles. The Morgan fingerprint density at radius 2 is 1.95 bits per heavy atom. The van der Waals surface area contributed by atoms with Gasteiger partial charge in [0.25, 0.3) is 0 Å². The minimum Gasteiger partial charge on any atom is -0.492 e. The van der Waals surface area contributed by atoms with E-state index < -0.39 is 17.8 Å². The van der Waals surface area contributed by atoms with Gasteiger partial charge in [0.1, 0.15) is 5.75 Å². The molecule has 2 atom stereocenters. The zero-order valence-corrected chi connectivity index (χ0v) is 12.5. The number of halogens is 1. The molecule has 0 amide bonds. The fourth-order valence-electron chi connectivity index (χ4n) is 2.52. The fraction of sp³-hybridized carbons (Fsp3) is 0.375. The van der Waals surface area contributed by atoms with Gasteiger partial charge in [-0.15, -0.1) is 0 Å². The molecular formula is C16H17ClO4. The van der Waals surface area contributed by atoms with Crippen LogP contribution in [0.4, 0.5) is 0 Å². The largest absolute Gasteiger partial charge is 0.492 e. The van der Waals surface area contributed by atoms with Gasteiger partial charge in [-0.3, -0.25) is 9.59 Å². The van der Waals surface area contributed by atoms with Crippen LogP contribution >= 0.6 is 11.6 Å². The molecule has 0 bridgehead atoms. The summed E-state index contributed by atoms with van der Waals surface area (Å²) in [6, 6.07) is 4.83. The van der Waals surface area contributed by atoms with E-state index in [2.05, 4.69) is 0 Å². The van der Waals surface area contributed by atoms with Gasteiger partial charge in [0.2, 0.25) is 0 Å². The molecule has 112 valence electrons. The van der Waals surface area contributed by atoms with Crippen molar-refractivity contribution in [3.8, 4) is 5.75 Å². The molecule has 5 heteroatoms. The Morgan fingerprint density at radius 3 is 2.52 bits per heavy atom. The first-order valence-electron chi connectivity index (χ1n) is 6.89. The number of carboxylic acid groups (broad SMARTS) is 1. The van der Waals surface area contributed by atoms with Crippen LogP contribution in [0.2, 0.25) is 5.02 Å². The van der Waals surface area contributed by atoms with E-state index in [0.717, 1.165) is 0 Å². The SMILES string of the molecule is CCOc1ccc(C(=O)[C@H]2CC=CC[C@H]2C(=O)O)cc1Cl. The van der Waals surface area contributed by atoms with E-state index in [1.165, 1.54) is 0 Å². The van der Waals surface area contributed by atoms with Gasteiger partial charge in [0.15, 0.2) is 5.78 Å². The van der Waals surface area contributed by atoms with E-state index in [9.17, 15) is 14.7 Å². The van der Waals surface area contributed by atoms with E-state index >= 15 is 0 Å². The molecule has 0 fully saturated rings. The quantitative estimate of drug-likeness (QED) is 0.667. The van der Waals surface area contributed by atoms with Crippen molar-refractivity contribution in [3.05, 3.63) is 40.9 Å². The topological polar surface area (TPSA) is 63.6 Å². The van der Waals surface area contributed by atoms with Crippen LogP contribution < -0.4 is 4.74 Å². The number of carboxylic acids is 1. The van der Waals surface area contributed by atoms with Gasteiger partial charge < -0.3 is 9.84 Å². The minimum atomic E-state index is -0.935. The third-order valence-electron chi connectivity index (χ3n) is 3.60. The number of hydrogen-bond donors (Lipinski definition) is 1. The standard InChI is InChI=1S/C16H17ClO4/c1-2-21-14-8-7-10(9-13(14)17)15(18)11-5-3-4-6-12(11)16(19)20/h3-4,7-9,11-12H,2,5-6H2,1H3,(H,19,20)/t11-,12+/m0/s1. The highest BCUT2D eigenvalue weighted by Gasteiger charge is 2.34. The molecular weight excluding hydrogens is 292 g/mol. The van der Waals surface area contributed by atoms with Gasteiger partial charge in [-0.05, 0) is 38.0 Å². The predicted molar refractivity (Wildman–Crippen MR) is 79.9 cm³/mol. The van der Waals surface area contributed by atoms with Crippen LogP contribution in [0.1, 0.15) is 30.1 Å². The predicted octanol–water partition coefficient (Wildman–Crippen LogP) is 3.59. The average Bonchev–Trinajstić information content (AvgIpc) is 2.48. The molecule has 1 N–H and O–H groups in total. The van der Waals surface area contributed by atoms with Crippen molar-refractivity contribution in [1.29, 1.82) is 0 Å². The van der Waals surface area contributed by atoms with Crippen LogP contribution in [0.25, 0.3) is 0 Å². The molecule has 0 saturated carbocycles. The third kappa shape index (κ3) is 3.45. The molecule has 0 radical (unpaired) electrons. The van der Waals surface area contributed by atoms with Crippen LogP contribution in [-0.4, -0.2) is 23.5 Å². The van der Waals surface area contributed by atoms with Crippen LogP contribution in [0, 0.1) is 11.8 Å². The maximum absolute atomic E-state index is 12.5. The molecule has 0 aliphatic heterocycles. The monoisotopic (exact) mass is 308 g/mol. The highest BCUT2D eigenvalue weighted by Crippen LogP contribution is 2.32. The number of Topliss-reactive ketones (excluding diaryl/α,β-unsaturated/α-hetero) is 1. The van der Waals surface area contributed by atoms with Crippen molar-refractivity contribution in [2.75, 3.05) is 6.61 Å². The zero-order chi connectivity index (χ0) is 15.4. The van der Waals surface area contributed by atoms with Crippen molar-refractivity contribution < 1.29 is 19.4 Å². The number of allylic oxidation sites excluding steroid dienone is 2. The van der Waals surface area contributed by atoms with Gasteiger partial charge in [-0.25, -0.2) is 0 Å². The molecule has 4 nitrogen and oxygen atoms in total. The second-order valence-corrected chi connectivity index (χ2v) is 5.34. The first kappa shape index (κ1) is 15.6. The fourth-order valence-corrected chi connectivity index (χ4v) is 2.75. The van der Waals surface area contributed by atoms with E-state index in [1.807, 2.05) is 19.1 Å². The van der Waals surface area contributed by atoms with Gasteiger partial charge in [0.05, 0.1) is 17.5 Å². The van der Waals surface area contributed by atoms with Crippen molar-refractivity contribution in [2.45, 2.75) is 19.8 Å². The summed E-state index contributed by atoms with van der Waals surface area (Å²) in [5.74, 6) is -1.81. The minimum absolute atomic E-state index is 0.184. The molecule has 0 saturated heterocycles. The number of rotatable bonds is 5. The van der Waals surface area contributed by atoms with E-state index in [1.54, 1.807) is 18.2 Å². The molecule has 1 aliphatic rings. The average molecular weight is 309 g/mol. The number of ketones is 1. The maximum atomic E-state index is 12.5. The highest BCUT2D eigenvalue weighted by atomic mass is 35.5. The smallest absolute Gasteiger partial charge is 0.307 e. The van der Waals surface area contributed by atoms with Crippen LogP contribution in [-0.2, 0) is 4.79 Å². The normalized spacial score (nSPS) is 21.0. The molecule has 1 aromatic carbocycles. The number of ether oxygens (including phenoxy) is 1. The lowest BCUT2D eigenvalue weighted by Gasteiger charge is -2.24. The van der Waals surface area contributed by atoms with E-state index in [4.69, 9.17) is 16.3 Å². The molecule has 0 heterocycles. The van der Waals surface area contributed by atoms with Crippen LogP contribution in [0.5, 0.6) is 5.75 Å². The Labute approximate surface area is 128 Å². The van der Waals surface area contributed by atoms with Crippen molar-refractivity contribution in [1.82, 2.24) is 0 Å². The maximum Gasteiger partial charge on any atom is 0.307 e. The van der Waals surface area contributed by atoms with Gasteiger partial charge in [-0.2, -0.15) is 0 Å². The lowest BCUT2D eigenvalue weighted by atomic mass is 9.78. The second kappa shape index (κ2) is 6.76. The second-order valence-electron chi connectivity index (χ2n) is 4.94. The summed E-state index contributed by atoms with van der Waals surface area (Å²) in [5.41, 5.74) is 0.426. The van der Waals surface area contributed by atoms with Crippen LogP contribution in [0.15, 0.2) is 30.4 Å². The summed E-state index contributed by atoms with van der Waals surface area (Å²) in [7, 11) is 0. The number of benzene rings is 1. The molecule has 2 rings (SSSR count). The number of hydrogen-bond acceptors (Lipinski definition) is 3. The van der Waals surface area contributed by atoms with Crippen molar-refractivity contribution in [3.63, 3.8) is 0 Å². The molecule has 0 unspecified atom stereocenters. The summed E-state index contributed by atoms with van der Waals surface area (Å²) in [5, 5.41) is 9.60. The van der Waals surface area contributed by atoms with E-state index in [-0.39, 0.29) is 5.78 Å². The zero-order valence-electron chi connectivity index (χ0n) is 11.7. The number of carbonyl (C=O) groups is 2. The van der Waals surface area contributed by atoms with Crippen molar-refractivity contribution >= 4 is 23.4 Å². The van der Waals surface area contributed by atoms with Crippen LogP contribution in [0.3, 0.4) is 0 Å². The van der Waals surface area contributed by atoms with Gasteiger partial charge in [-0.1, -0.05) is 23.8 Å². The number of aliphatic carboxylic acids is 1. The molecule has 1 aromatic rings. The first-order valence-corrected chi connectivity index (χ1v) is 7.26. The summed E-state index contributed by atoms with van der Waals surface area (Å²) in [6.45, 7) is 2.34. The van der Waals surface area contributed by atoms with Crippen molar-refractivity contribution in [2.24, 2.45) is 11.8 Å². The van der Waals surface area contributed by atoms with Gasteiger partial charge in [0, 0.05) is 11.5 Å². The Balaban J connectivity index is 2.24. The number of carbonyl (C=O) groups excluding carboxylic acids is 1. The lowest BCUT2D eigenvalue weighted by molar-refractivity contribution is -0.143. The third-order valence-corrected chi connectivity index (χ3v) is 3.90. The lowest BCUT2D eigenvalue weighted by Crippen LogP contribution is -2.31. The van der Waals surface area contributed by atoms with Gasteiger partial charge >= 0.3 is 5.97 Å². The summed E-state index contributed by atoms with van der Waals surface area (Å²) in [6.07, 6.45) is 4.50. The first-order chi connectivity index (χ1) is 10.0. The summed E-state index contributed by atoms with van der Waals surface area (Å²) >= 11 is 6.08. The Kier molecular flexibility index (Phi) is 5.02. The highest BCUT2D eigenvalue weighted by molar-refractivity contribution is 6.32.